The van der Waals surface area contributed by atoms with Gasteiger partial charge in [0, 0.05) is 11.3 Å². The van der Waals surface area contributed by atoms with Crippen LogP contribution in [0.2, 0.25) is 0 Å². The highest BCUT2D eigenvalue weighted by molar-refractivity contribution is 7.92. The van der Waals surface area contributed by atoms with Gasteiger partial charge in [0.1, 0.15) is 11.5 Å². The monoisotopic (exact) mass is 508 g/mol. The summed E-state index contributed by atoms with van der Waals surface area (Å²) in [6.45, 7) is 1.49. The quantitative estimate of drug-likeness (QED) is 0.434. The van der Waals surface area contributed by atoms with Crippen LogP contribution in [-0.2, 0) is 21.0 Å². The van der Waals surface area contributed by atoms with Gasteiger partial charge in [-0.15, -0.1) is 0 Å². The van der Waals surface area contributed by atoms with Gasteiger partial charge < -0.3 is 14.8 Å². The number of carbonyl (C=O) groups is 1. The van der Waals surface area contributed by atoms with Crippen molar-refractivity contribution in [3.63, 3.8) is 0 Å². The Morgan fingerprint density at radius 1 is 1.00 bits per heavy atom. The summed E-state index contributed by atoms with van der Waals surface area (Å²) in [4.78, 5) is 12.1. The molecule has 1 amide bonds. The topological polar surface area (TPSA) is 93.7 Å². The molecular weight excluding hydrogens is 485 g/mol. The van der Waals surface area contributed by atoms with Crippen LogP contribution in [0.1, 0.15) is 24.1 Å². The van der Waals surface area contributed by atoms with Crippen LogP contribution < -0.4 is 19.5 Å². The molecule has 0 aliphatic rings. The number of hydrogen-bond donors (Lipinski definition) is 2. The minimum absolute atomic E-state index is 0.184. The Morgan fingerprint density at radius 2 is 1.69 bits per heavy atom. The lowest BCUT2D eigenvalue weighted by Crippen LogP contribution is -2.31. The first kappa shape index (κ1) is 25.9. The highest BCUT2D eigenvalue weighted by atomic mass is 32.2. The third-order valence-electron chi connectivity index (χ3n) is 4.93. The first-order valence-corrected chi connectivity index (χ1v) is 11.8. The molecule has 3 aromatic rings. The highest BCUT2D eigenvalue weighted by Crippen LogP contribution is 2.31. The maximum Gasteiger partial charge on any atom is 0.416 e. The fourth-order valence-electron chi connectivity index (χ4n) is 3.22. The number of carbonyl (C=O) groups excluding carboxylic acids is 1. The average Bonchev–Trinajstić information content (AvgIpc) is 2.82. The van der Waals surface area contributed by atoms with E-state index in [2.05, 4.69) is 10.0 Å². The number of alkyl halides is 3. The average molecular weight is 509 g/mol. The van der Waals surface area contributed by atoms with Crippen molar-refractivity contribution in [2.75, 3.05) is 18.4 Å². The van der Waals surface area contributed by atoms with E-state index in [0.29, 0.717) is 11.8 Å². The van der Waals surface area contributed by atoms with E-state index in [0.717, 1.165) is 17.7 Å². The van der Waals surface area contributed by atoms with Gasteiger partial charge in [0.25, 0.3) is 15.9 Å². The van der Waals surface area contributed by atoms with Gasteiger partial charge in [-0.05, 0) is 55.5 Å². The summed E-state index contributed by atoms with van der Waals surface area (Å²) in [5, 5.41) is 2.79. The Morgan fingerprint density at radius 3 is 2.34 bits per heavy atom. The Bertz CT molecular complexity index is 1280. The smallest absolute Gasteiger partial charge is 0.416 e. The van der Waals surface area contributed by atoms with Crippen LogP contribution in [0.4, 0.5) is 18.9 Å². The van der Waals surface area contributed by atoms with Crippen LogP contribution in [0.25, 0.3) is 0 Å². The van der Waals surface area contributed by atoms with E-state index in [9.17, 15) is 26.4 Å². The molecule has 0 spiro atoms. The van der Waals surface area contributed by atoms with E-state index >= 15 is 0 Å². The maximum atomic E-state index is 12.9. The molecule has 35 heavy (non-hydrogen) atoms. The number of methoxy groups -OCH3 is 1. The predicted octanol–water partition coefficient (Wildman–Crippen LogP) is 4.77. The molecule has 0 fully saturated rings. The molecule has 0 radical (unpaired) electrons. The first-order chi connectivity index (χ1) is 16.5. The molecule has 0 aliphatic heterocycles. The van der Waals surface area contributed by atoms with Gasteiger partial charge in [0.15, 0.2) is 6.61 Å². The number of ether oxygens (including phenoxy) is 2. The molecule has 3 aromatic carbocycles. The second kappa shape index (κ2) is 10.7. The summed E-state index contributed by atoms with van der Waals surface area (Å²) in [5.41, 5.74) is -0.396. The van der Waals surface area contributed by atoms with Crippen molar-refractivity contribution >= 4 is 21.6 Å². The molecule has 11 heteroatoms. The zero-order valence-electron chi connectivity index (χ0n) is 18.8. The molecule has 3 rings (SSSR count). The van der Waals surface area contributed by atoms with Gasteiger partial charge in [-0.3, -0.25) is 9.52 Å². The summed E-state index contributed by atoms with van der Waals surface area (Å²) in [6, 6.07) is 15.9. The van der Waals surface area contributed by atoms with Crippen molar-refractivity contribution in [1.82, 2.24) is 5.32 Å². The van der Waals surface area contributed by atoms with Gasteiger partial charge >= 0.3 is 6.18 Å². The Labute approximate surface area is 200 Å². The van der Waals surface area contributed by atoms with Crippen molar-refractivity contribution in [1.29, 1.82) is 0 Å². The number of benzene rings is 3. The lowest BCUT2D eigenvalue weighted by atomic mass is 10.1. The van der Waals surface area contributed by atoms with Gasteiger partial charge in [-0.2, -0.15) is 13.2 Å². The Kier molecular flexibility index (Phi) is 7.90. The van der Waals surface area contributed by atoms with Crippen LogP contribution in [-0.4, -0.2) is 28.0 Å². The van der Waals surface area contributed by atoms with Crippen molar-refractivity contribution < 1.29 is 35.9 Å². The minimum Gasteiger partial charge on any atom is -0.496 e. The summed E-state index contributed by atoms with van der Waals surface area (Å²) in [7, 11) is -2.60. The first-order valence-electron chi connectivity index (χ1n) is 10.3. The number of rotatable bonds is 9. The van der Waals surface area contributed by atoms with Gasteiger partial charge in [-0.25, -0.2) is 8.42 Å². The van der Waals surface area contributed by atoms with E-state index in [-0.39, 0.29) is 29.0 Å². The lowest BCUT2D eigenvalue weighted by Gasteiger charge is -2.17. The van der Waals surface area contributed by atoms with E-state index < -0.39 is 27.7 Å². The van der Waals surface area contributed by atoms with E-state index in [1.807, 2.05) is 18.2 Å². The molecule has 2 N–H and O–H groups in total. The fraction of sp³-hybridized carbons (Fsp3) is 0.208. The van der Waals surface area contributed by atoms with Gasteiger partial charge in [0.2, 0.25) is 0 Å². The Hall–Kier alpha value is -3.73. The summed E-state index contributed by atoms with van der Waals surface area (Å²) < 4.78 is 76.5. The van der Waals surface area contributed by atoms with Crippen molar-refractivity contribution in [2.45, 2.75) is 24.0 Å². The predicted molar refractivity (Wildman–Crippen MR) is 124 cm³/mol. The third kappa shape index (κ3) is 6.89. The molecule has 0 aliphatic carbocycles. The molecule has 7 nitrogen and oxygen atoms in total. The van der Waals surface area contributed by atoms with E-state index in [1.165, 1.54) is 37.4 Å². The number of halogens is 3. The number of nitrogens with one attached hydrogen (secondary N) is 2. The van der Waals surface area contributed by atoms with Gasteiger partial charge in [-0.1, -0.05) is 24.3 Å². The fourth-order valence-corrected chi connectivity index (χ4v) is 4.27. The summed E-state index contributed by atoms with van der Waals surface area (Å²) >= 11 is 0. The van der Waals surface area contributed by atoms with E-state index in [1.54, 1.807) is 13.0 Å². The molecule has 0 saturated heterocycles. The number of hydrogen-bond acceptors (Lipinski definition) is 5. The Balaban J connectivity index is 1.59. The van der Waals surface area contributed by atoms with Crippen LogP contribution in [0.5, 0.6) is 11.5 Å². The SMILES string of the molecule is COc1ccccc1[C@@H](C)NC(=O)COc1ccc(S(=O)(=O)Nc2cccc(C(F)(F)F)c2)cc1. The molecule has 0 bridgehead atoms. The number of para-hydroxylation sites is 1. The molecule has 0 heterocycles. The van der Waals surface area contributed by atoms with E-state index in [4.69, 9.17) is 9.47 Å². The van der Waals surface area contributed by atoms with Crippen molar-refractivity contribution in [3.8, 4) is 11.5 Å². The largest absolute Gasteiger partial charge is 0.496 e. The molecule has 186 valence electrons. The molecule has 0 saturated carbocycles. The van der Waals surface area contributed by atoms with Crippen molar-refractivity contribution in [3.05, 3.63) is 83.9 Å². The number of anilines is 1. The second-order valence-corrected chi connectivity index (χ2v) is 9.16. The number of sulfonamides is 1. The van der Waals surface area contributed by atoms with Crippen LogP contribution in [0.15, 0.2) is 77.7 Å². The maximum absolute atomic E-state index is 12.9. The zero-order chi connectivity index (χ0) is 25.6. The highest BCUT2D eigenvalue weighted by Gasteiger charge is 2.30. The molecule has 1 atom stereocenters. The summed E-state index contributed by atoms with van der Waals surface area (Å²) in [5.74, 6) is 0.478. The number of amides is 1. The third-order valence-corrected chi connectivity index (χ3v) is 6.33. The van der Waals surface area contributed by atoms with Crippen molar-refractivity contribution in [2.24, 2.45) is 0 Å². The lowest BCUT2D eigenvalue weighted by molar-refractivity contribution is -0.137. The second-order valence-electron chi connectivity index (χ2n) is 7.48. The van der Waals surface area contributed by atoms with Crippen LogP contribution in [0.3, 0.4) is 0 Å². The molecule has 0 aromatic heterocycles. The van der Waals surface area contributed by atoms with Crippen LogP contribution >= 0.6 is 0 Å². The zero-order valence-corrected chi connectivity index (χ0v) is 19.6. The molecule has 0 unspecified atom stereocenters. The minimum atomic E-state index is -4.60. The standard InChI is InChI=1S/C24H23F3N2O5S/c1-16(21-8-3-4-9-22(21)33-2)28-23(30)15-34-19-10-12-20(13-11-19)35(31,32)29-18-7-5-6-17(14-18)24(25,26)27/h3-14,16,29H,15H2,1-2H3,(H,28,30)/t16-/m1/s1. The normalized spacial score (nSPS) is 12.5. The van der Waals surface area contributed by atoms with Gasteiger partial charge in [0.05, 0.1) is 23.6 Å². The molecular formula is C24H23F3N2O5S. The van der Waals surface area contributed by atoms with Crippen LogP contribution in [0, 0.1) is 0 Å². The summed E-state index contributed by atoms with van der Waals surface area (Å²) in [6.07, 6.45) is -4.60.